The number of piperidine rings is 1. The normalized spacial score (nSPS) is 17.8. The number of aromatic nitrogens is 1. The third kappa shape index (κ3) is 4.88. The monoisotopic (exact) mass is 455 g/mol. The summed E-state index contributed by atoms with van der Waals surface area (Å²) in [5.41, 5.74) is 8.89. The van der Waals surface area contributed by atoms with Crippen LogP contribution in [0.2, 0.25) is 0 Å². The predicted molar refractivity (Wildman–Crippen MR) is 134 cm³/mol. The zero-order valence-corrected chi connectivity index (χ0v) is 19.0. The Bertz CT molecular complexity index is 1180. The van der Waals surface area contributed by atoms with E-state index in [-0.39, 0.29) is 17.7 Å². The summed E-state index contributed by atoms with van der Waals surface area (Å²) in [7, 11) is 0. The van der Waals surface area contributed by atoms with Gasteiger partial charge in [-0.15, -0.1) is 0 Å². The number of likely N-dealkylation sites (tertiary alicyclic amines) is 1. The standard InChI is InChI=1S/C27H29N5O2/c28-24(19-5-4-16-32(17-19)27(33)18-8-9-18)23-14-15-30-26(29)25(23)31-20-10-12-22(13-11-20)34-21-6-2-1-3-7-21/h1-3,6-7,10-15,18-19,28,31H,4-5,8-9,16-17H2,(H2,29,30)/t19-/m1/s1. The molecule has 3 aromatic rings. The minimum absolute atomic E-state index is 0.0135. The fourth-order valence-electron chi connectivity index (χ4n) is 4.43. The molecular formula is C27H29N5O2. The highest BCUT2D eigenvalue weighted by Gasteiger charge is 2.36. The van der Waals surface area contributed by atoms with Crippen LogP contribution in [0.1, 0.15) is 31.2 Å². The van der Waals surface area contributed by atoms with Gasteiger partial charge in [0.25, 0.3) is 0 Å². The van der Waals surface area contributed by atoms with Crippen LogP contribution in [0.25, 0.3) is 0 Å². The first-order chi connectivity index (χ1) is 16.6. The van der Waals surface area contributed by atoms with Crippen molar-refractivity contribution in [1.82, 2.24) is 9.88 Å². The van der Waals surface area contributed by atoms with E-state index in [2.05, 4.69) is 10.3 Å². The average Bonchev–Trinajstić information content (AvgIpc) is 3.72. The second-order valence-corrected chi connectivity index (χ2v) is 8.99. The van der Waals surface area contributed by atoms with Gasteiger partial charge in [-0.05, 0) is 68.1 Å². The largest absolute Gasteiger partial charge is 0.457 e. The molecule has 0 radical (unpaired) electrons. The molecule has 0 bridgehead atoms. The molecule has 5 rings (SSSR count). The molecule has 1 aliphatic carbocycles. The highest BCUT2D eigenvalue weighted by molar-refractivity contribution is 6.07. The summed E-state index contributed by atoms with van der Waals surface area (Å²) in [6.45, 7) is 1.39. The van der Waals surface area contributed by atoms with Gasteiger partial charge in [0, 0.05) is 48.1 Å². The van der Waals surface area contributed by atoms with Crippen molar-refractivity contribution in [3.63, 3.8) is 0 Å². The lowest BCUT2D eigenvalue weighted by Crippen LogP contribution is -2.43. The van der Waals surface area contributed by atoms with Crippen molar-refractivity contribution < 1.29 is 9.53 Å². The minimum atomic E-state index is -0.0135. The van der Waals surface area contributed by atoms with Crippen molar-refractivity contribution in [1.29, 1.82) is 5.41 Å². The molecule has 1 aliphatic heterocycles. The van der Waals surface area contributed by atoms with Gasteiger partial charge in [0.2, 0.25) is 5.91 Å². The summed E-state index contributed by atoms with van der Waals surface area (Å²) in [5, 5.41) is 12.3. The average molecular weight is 456 g/mol. The zero-order valence-electron chi connectivity index (χ0n) is 19.0. The molecular weight excluding hydrogens is 426 g/mol. The van der Waals surface area contributed by atoms with E-state index in [1.807, 2.05) is 65.6 Å². The Kier molecular flexibility index (Phi) is 6.16. The topological polar surface area (TPSA) is 104 Å². The smallest absolute Gasteiger partial charge is 0.225 e. The van der Waals surface area contributed by atoms with E-state index in [0.717, 1.165) is 55.0 Å². The molecule has 2 aromatic carbocycles. The summed E-state index contributed by atoms with van der Waals surface area (Å²) >= 11 is 0. The van der Waals surface area contributed by atoms with Crippen LogP contribution in [0.15, 0.2) is 66.9 Å². The first-order valence-corrected chi connectivity index (χ1v) is 11.8. The number of pyridine rings is 1. The SMILES string of the molecule is N=C(c1ccnc(N)c1Nc1ccc(Oc2ccccc2)cc1)[C@@H]1CCCN(C(=O)C2CC2)C1. The van der Waals surface area contributed by atoms with Gasteiger partial charge in [0.15, 0.2) is 0 Å². The number of amides is 1. The zero-order chi connectivity index (χ0) is 23.5. The summed E-state index contributed by atoms with van der Waals surface area (Å²) in [6.07, 6.45) is 5.44. The second-order valence-electron chi connectivity index (χ2n) is 8.99. The van der Waals surface area contributed by atoms with Crippen LogP contribution >= 0.6 is 0 Å². The molecule has 1 aromatic heterocycles. The Hall–Kier alpha value is -3.87. The van der Waals surface area contributed by atoms with Gasteiger partial charge in [-0.1, -0.05) is 18.2 Å². The molecule has 4 N–H and O–H groups in total. The second kappa shape index (κ2) is 9.55. The lowest BCUT2D eigenvalue weighted by molar-refractivity contribution is -0.133. The van der Waals surface area contributed by atoms with Gasteiger partial charge in [-0.25, -0.2) is 4.98 Å². The van der Waals surface area contributed by atoms with Crippen LogP contribution in [-0.4, -0.2) is 34.6 Å². The fraction of sp³-hybridized carbons (Fsp3) is 0.296. The summed E-state index contributed by atoms with van der Waals surface area (Å²) in [4.78, 5) is 18.8. The van der Waals surface area contributed by atoms with Crippen LogP contribution < -0.4 is 15.8 Å². The van der Waals surface area contributed by atoms with Gasteiger partial charge in [0.1, 0.15) is 17.3 Å². The molecule has 1 saturated carbocycles. The molecule has 1 saturated heterocycles. The Morgan fingerprint density at radius 2 is 1.74 bits per heavy atom. The van der Waals surface area contributed by atoms with E-state index in [1.165, 1.54) is 0 Å². The number of carbonyl (C=O) groups is 1. The molecule has 1 amide bonds. The van der Waals surface area contributed by atoms with E-state index in [4.69, 9.17) is 15.9 Å². The van der Waals surface area contributed by atoms with Crippen LogP contribution in [0.4, 0.5) is 17.2 Å². The lowest BCUT2D eigenvalue weighted by Gasteiger charge is -2.33. The van der Waals surface area contributed by atoms with Gasteiger partial charge in [-0.2, -0.15) is 0 Å². The number of nitrogen functional groups attached to an aromatic ring is 1. The van der Waals surface area contributed by atoms with E-state index in [0.29, 0.717) is 23.8 Å². The first kappa shape index (κ1) is 21.9. The molecule has 34 heavy (non-hydrogen) atoms. The van der Waals surface area contributed by atoms with Crippen molar-refractivity contribution in [3.8, 4) is 11.5 Å². The predicted octanol–water partition coefficient (Wildman–Crippen LogP) is 5.22. The van der Waals surface area contributed by atoms with E-state index >= 15 is 0 Å². The third-order valence-corrected chi connectivity index (χ3v) is 6.44. The minimum Gasteiger partial charge on any atom is -0.457 e. The number of hydrogen-bond acceptors (Lipinski definition) is 6. The van der Waals surface area contributed by atoms with Crippen LogP contribution in [0, 0.1) is 17.2 Å². The third-order valence-electron chi connectivity index (χ3n) is 6.44. The summed E-state index contributed by atoms with van der Waals surface area (Å²) in [5.74, 6) is 2.29. The molecule has 174 valence electrons. The molecule has 1 atom stereocenters. The number of rotatable bonds is 7. The molecule has 2 aliphatic rings. The molecule has 2 fully saturated rings. The van der Waals surface area contributed by atoms with Crippen molar-refractivity contribution in [2.75, 3.05) is 24.1 Å². The first-order valence-electron chi connectivity index (χ1n) is 11.8. The number of nitrogens with zero attached hydrogens (tertiary/aromatic N) is 2. The number of benzene rings is 2. The van der Waals surface area contributed by atoms with Crippen molar-refractivity contribution in [3.05, 3.63) is 72.4 Å². The number of para-hydroxylation sites is 1. The molecule has 0 unspecified atom stereocenters. The number of nitrogens with one attached hydrogen (secondary N) is 2. The molecule has 7 nitrogen and oxygen atoms in total. The maximum absolute atomic E-state index is 12.6. The maximum Gasteiger partial charge on any atom is 0.225 e. The Balaban J connectivity index is 1.31. The lowest BCUT2D eigenvalue weighted by atomic mass is 9.88. The molecule has 0 spiro atoms. The van der Waals surface area contributed by atoms with Crippen molar-refractivity contribution >= 4 is 28.8 Å². The Morgan fingerprint density at radius 3 is 2.47 bits per heavy atom. The molecule has 2 heterocycles. The van der Waals surface area contributed by atoms with Gasteiger partial charge in [-0.3, -0.25) is 4.79 Å². The fourth-order valence-corrected chi connectivity index (χ4v) is 4.43. The number of nitrogens with two attached hydrogens (primary N) is 1. The van der Waals surface area contributed by atoms with E-state index < -0.39 is 0 Å². The van der Waals surface area contributed by atoms with Gasteiger partial charge >= 0.3 is 0 Å². The Labute approximate surface area is 199 Å². The highest BCUT2D eigenvalue weighted by atomic mass is 16.5. The maximum atomic E-state index is 12.6. The summed E-state index contributed by atoms with van der Waals surface area (Å²) in [6, 6.07) is 19.0. The number of ether oxygens (including phenoxy) is 1. The van der Waals surface area contributed by atoms with E-state index in [1.54, 1.807) is 6.20 Å². The van der Waals surface area contributed by atoms with E-state index in [9.17, 15) is 4.79 Å². The van der Waals surface area contributed by atoms with Crippen molar-refractivity contribution in [2.45, 2.75) is 25.7 Å². The number of anilines is 3. The number of hydrogen-bond donors (Lipinski definition) is 3. The summed E-state index contributed by atoms with van der Waals surface area (Å²) < 4.78 is 5.87. The van der Waals surface area contributed by atoms with Gasteiger partial charge in [0.05, 0.1) is 5.69 Å². The number of carbonyl (C=O) groups excluding carboxylic acids is 1. The highest BCUT2D eigenvalue weighted by Crippen LogP contribution is 2.34. The van der Waals surface area contributed by atoms with Crippen LogP contribution in [0.3, 0.4) is 0 Å². The molecule has 7 heteroatoms. The van der Waals surface area contributed by atoms with Crippen LogP contribution in [0.5, 0.6) is 11.5 Å². The Morgan fingerprint density at radius 1 is 1.00 bits per heavy atom. The van der Waals surface area contributed by atoms with Gasteiger partial charge < -0.3 is 26.1 Å². The van der Waals surface area contributed by atoms with Crippen molar-refractivity contribution in [2.24, 2.45) is 11.8 Å². The van der Waals surface area contributed by atoms with Crippen LogP contribution in [-0.2, 0) is 4.79 Å². The quantitative estimate of drug-likeness (QED) is 0.424.